The van der Waals surface area contributed by atoms with E-state index < -0.39 is 17.1 Å². The summed E-state index contributed by atoms with van der Waals surface area (Å²) in [5.41, 5.74) is 5.44. The summed E-state index contributed by atoms with van der Waals surface area (Å²) >= 11 is 11.4. The lowest BCUT2D eigenvalue weighted by Gasteiger charge is -2.07. The number of hydrogen-bond acceptors (Lipinski definition) is 1. The molecule has 0 aromatic heterocycles. The molecule has 0 radical (unpaired) electrons. The largest absolute Gasteiger partial charge is 0.368 e. The van der Waals surface area contributed by atoms with Crippen molar-refractivity contribution in [1.82, 2.24) is 0 Å². The van der Waals surface area contributed by atoms with Crippen LogP contribution in [0.15, 0.2) is 18.2 Å². The summed E-state index contributed by atoms with van der Waals surface area (Å²) in [7, 11) is 0. The molecule has 0 heterocycles. The second-order valence-corrected chi connectivity index (χ2v) is 3.74. The van der Waals surface area contributed by atoms with Crippen LogP contribution >= 0.6 is 23.2 Å². The number of carbonyl (C=O) groups is 1. The first-order valence-corrected chi connectivity index (χ1v) is 4.69. The maximum Gasteiger partial charge on any atom is 0.235 e. The average Bonchev–Trinajstić information content (AvgIpc) is 2.11. The number of carbonyl (C=O) groups excluding carboxylic acids is 1. The molecule has 0 spiro atoms. The Bertz CT molecular complexity index is 357. The third-order valence-corrected chi connectivity index (χ3v) is 2.45. The molecule has 2 nitrogen and oxygen atoms in total. The maximum absolute atomic E-state index is 12.8. The Hall–Kier alpha value is -0.800. The molecule has 1 aromatic carbocycles. The molecule has 14 heavy (non-hydrogen) atoms. The normalized spacial score (nSPS) is 12.5. The van der Waals surface area contributed by atoms with Gasteiger partial charge in [0.15, 0.2) is 0 Å². The van der Waals surface area contributed by atoms with Crippen molar-refractivity contribution in [2.24, 2.45) is 5.73 Å². The Morgan fingerprint density at radius 3 is 2.79 bits per heavy atom. The van der Waals surface area contributed by atoms with E-state index in [1.165, 1.54) is 18.2 Å². The molecule has 0 aliphatic rings. The van der Waals surface area contributed by atoms with Gasteiger partial charge in [0.2, 0.25) is 5.91 Å². The van der Waals surface area contributed by atoms with Crippen molar-refractivity contribution in [1.29, 1.82) is 0 Å². The minimum atomic E-state index is -0.866. The smallest absolute Gasteiger partial charge is 0.235 e. The number of halogens is 3. The number of hydrogen-bond donors (Lipinski definition) is 1. The Balaban J connectivity index is 2.85. The minimum Gasteiger partial charge on any atom is -0.368 e. The Morgan fingerprint density at radius 1 is 1.57 bits per heavy atom. The number of rotatable bonds is 3. The number of amides is 1. The van der Waals surface area contributed by atoms with Gasteiger partial charge in [-0.1, -0.05) is 11.6 Å². The summed E-state index contributed by atoms with van der Waals surface area (Å²) in [6.45, 7) is 0. The Morgan fingerprint density at radius 2 is 2.21 bits per heavy atom. The highest BCUT2D eigenvalue weighted by Gasteiger charge is 2.14. The van der Waals surface area contributed by atoms with Crippen molar-refractivity contribution < 1.29 is 9.18 Å². The number of nitrogens with two attached hydrogens (primary N) is 1. The molecule has 1 aromatic rings. The fourth-order valence-electron chi connectivity index (χ4n) is 0.993. The zero-order valence-electron chi connectivity index (χ0n) is 7.14. The summed E-state index contributed by atoms with van der Waals surface area (Å²) in [6, 6.07) is 3.89. The zero-order valence-corrected chi connectivity index (χ0v) is 8.65. The van der Waals surface area contributed by atoms with Crippen LogP contribution < -0.4 is 5.73 Å². The number of primary amides is 1. The molecular weight excluding hydrogens is 228 g/mol. The lowest BCUT2D eigenvalue weighted by atomic mass is 10.1. The van der Waals surface area contributed by atoms with Gasteiger partial charge in [0.1, 0.15) is 11.2 Å². The SMILES string of the molecule is NC(=O)C(Cl)Cc1cc(F)ccc1Cl. The van der Waals surface area contributed by atoms with Crippen LogP contribution in [0, 0.1) is 5.82 Å². The molecule has 1 rings (SSSR count). The van der Waals surface area contributed by atoms with E-state index >= 15 is 0 Å². The van der Waals surface area contributed by atoms with E-state index in [9.17, 15) is 9.18 Å². The van der Waals surface area contributed by atoms with Crippen LogP contribution in [0.3, 0.4) is 0 Å². The zero-order chi connectivity index (χ0) is 10.7. The second-order valence-electron chi connectivity index (χ2n) is 2.81. The first-order chi connectivity index (χ1) is 6.50. The topological polar surface area (TPSA) is 43.1 Å². The predicted molar refractivity (Wildman–Crippen MR) is 53.9 cm³/mol. The lowest BCUT2D eigenvalue weighted by molar-refractivity contribution is -0.117. The van der Waals surface area contributed by atoms with Gasteiger partial charge in [-0.2, -0.15) is 0 Å². The molecule has 0 bridgehead atoms. The highest BCUT2D eigenvalue weighted by atomic mass is 35.5. The molecule has 0 aliphatic heterocycles. The van der Waals surface area contributed by atoms with E-state index in [1.807, 2.05) is 0 Å². The first-order valence-electron chi connectivity index (χ1n) is 3.88. The van der Waals surface area contributed by atoms with E-state index in [1.54, 1.807) is 0 Å². The van der Waals surface area contributed by atoms with Gasteiger partial charge in [-0.05, 0) is 30.2 Å². The van der Waals surface area contributed by atoms with Gasteiger partial charge in [0, 0.05) is 5.02 Å². The molecule has 5 heteroatoms. The van der Waals surface area contributed by atoms with Crippen molar-refractivity contribution in [3.8, 4) is 0 Å². The minimum absolute atomic E-state index is 0.132. The van der Waals surface area contributed by atoms with Crippen molar-refractivity contribution >= 4 is 29.1 Å². The van der Waals surface area contributed by atoms with Crippen molar-refractivity contribution in [2.75, 3.05) is 0 Å². The van der Waals surface area contributed by atoms with Gasteiger partial charge in [-0.25, -0.2) is 4.39 Å². The van der Waals surface area contributed by atoms with E-state index in [4.69, 9.17) is 28.9 Å². The highest BCUT2D eigenvalue weighted by Crippen LogP contribution is 2.19. The summed E-state index contributed by atoms with van der Waals surface area (Å²) < 4.78 is 12.8. The standard InChI is InChI=1S/C9H8Cl2FNO/c10-7-2-1-6(12)3-5(7)4-8(11)9(13)14/h1-3,8H,4H2,(H2,13,14). The molecule has 0 saturated heterocycles. The Labute approximate surface area is 90.8 Å². The van der Waals surface area contributed by atoms with Gasteiger partial charge in [0.05, 0.1) is 0 Å². The van der Waals surface area contributed by atoms with Gasteiger partial charge < -0.3 is 5.73 Å². The molecular formula is C9H8Cl2FNO. The van der Waals surface area contributed by atoms with Gasteiger partial charge in [0.25, 0.3) is 0 Å². The third kappa shape index (κ3) is 2.86. The molecule has 1 unspecified atom stereocenters. The van der Waals surface area contributed by atoms with Crippen molar-refractivity contribution in [3.63, 3.8) is 0 Å². The van der Waals surface area contributed by atoms with Crippen molar-refractivity contribution in [2.45, 2.75) is 11.8 Å². The Kier molecular flexibility index (Phi) is 3.72. The first kappa shape index (κ1) is 11.3. The van der Waals surface area contributed by atoms with Crippen LogP contribution in [0.4, 0.5) is 4.39 Å². The van der Waals surface area contributed by atoms with Gasteiger partial charge in [-0.3, -0.25) is 4.79 Å². The molecule has 0 saturated carbocycles. The summed E-state index contributed by atoms with van der Waals surface area (Å²) in [5, 5.41) is -0.493. The molecule has 0 fully saturated rings. The summed E-state index contributed by atoms with van der Waals surface area (Å²) in [4.78, 5) is 10.7. The fraction of sp³-hybridized carbons (Fsp3) is 0.222. The lowest BCUT2D eigenvalue weighted by Crippen LogP contribution is -2.25. The van der Waals surface area contributed by atoms with E-state index in [0.29, 0.717) is 10.6 Å². The van der Waals surface area contributed by atoms with Gasteiger partial charge in [-0.15, -0.1) is 11.6 Å². The predicted octanol–water partition coefficient (Wildman–Crippen LogP) is 2.11. The van der Waals surface area contributed by atoms with Gasteiger partial charge >= 0.3 is 0 Å². The molecule has 1 atom stereocenters. The molecule has 0 aliphatic carbocycles. The molecule has 1 amide bonds. The quantitative estimate of drug-likeness (QED) is 0.802. The molecule has 2 N–H and O–H groups in total. The maximum atomic E-state index is 12.8. The number of benzene rings is 1. The fourth-order valence-corrected chi connectivity index (χ4v) is 1.35. The van der Waals surface area contributed by atoms with Crippen LogP contribution in [0.5, 0.6) is 0 Å². The summed E-state index contributed by atoms with van der Waals surface area (Å²) in [5.74, 6) is -1.07. The van der Waals surface area contributed by atoms with Crippen LogP contribution in [-0.4, -0.2) is 11.3 Å². The average molecular weight is 236 g/mol. The summed E-state index contributed by atoms with van der Waals surface area (Å²) in [6.07, 6.45) is 0.132. The molecule has 76 valence electrons. The second kappa shape index (κ2) is 4.62. The number of alkyl halides is 1. The van der Waals surface area contributed by atoms with Crippen LogP contribution in [0.1, 0.15) is 5.56 Å². The van der Waals surface area contributed by atoms with E-state index in [2.05, 4.69) is 0 Å². The van der Waals surface area contributed by atoms with E-state index in [0.717, 1.165) is 0 Å². The van der Waals surface area contributed by atoms with Crippen LogP contribution in [0.25, 0.3) is 0 Å². The van der Waals surface area contributed by atoms with Crippen LogP contribution in [-0.2, 0) is 11.2 Å². The monoisotopic (exact) mass is 235 g/mol. The van der Waals surface area contributed by atoms with E-state index in [-0.39, 0.29) is 6.42 Å². The third-order valence-electron chi connectivity index (χ3n) is 1.72. The van der Waals surface area contributed by atoms with Crippen molar-refractivity contribution in [3.05, 3.63) is 34.6 Å². The highest BCUT2D eigenvalue weighted by molar-refractivity contribution is 6.32. The van der Waals surface area contributed by atoms with Crippen LogP contribution in [0.2, 0.25) is 5.02 Å².